The molecule has 1 N–H and O–H groups in total. The summed E-state index contributed by atoms with van der Waals surface area (Å²) in [4.78, 5) is 16.4. The Morgan fingerprint density at radius 2 is 2.04 bits per heavy atom. The zero-order chi connectivity index (χ0) is 17.9. The predicted octanol–water partition coefficient (Wildman–Crippen LogP) is 2.01. The number of rotatable bonds is 5. The van der Waals surface area contributed by atoms with Crippen LogP contribution in [0.3, 0.4) is 0 Å². The summed E-state index contributed by atoms with van der Waals surface area (Å²) in [5.74, 6) is -0.0442. The molecule has 0 aliphatic rings. The third-order valence-corrected chi connectivity index (χ3v) is 4.25. The second-order valence-corrected chi connectivity index (χ2v) is 6.10. The van der Waals surface area contributed by atoms with Crippen molar-refractivity contribution in [2.45, 2.75) is 13.0 Å². The Bertz CT molecular complexity index is 1050. The lowest BCUT2D eigenvalue weighted by atomic mass is 10.1. The molecule has 3 aromatic heterocycles. The van der Waals surface area contributed by atoms with Crippen LogP contribution in [0.4, 0.5) is 0 Å². The van der Waals surface area contributed by atoms with E-state index in [0.717, 1.165) is 22.2 Å². The smallest absolute Gasteiger partial charge is 0.224 e. The third kappa shape index (κ3) is 3.19. The Kier molecular flexibility index (Phi) is 4.18. The van der Waals surface area contributed by atoms with E-state index in [0.29, 0.717) is 18.7 Å². The maximum Gasteiger partial charge on any atom is 0.224 e. The van der Waals surface area contributed by atoms with E-state index in [9.17, 15) is 4.79 Å². The number of carbonyl (C=O) groups is 1. The van der Waals surface area contributed by atoms with Crippen LogP contribution in [0.2, 0.25) is 0 Å². The lowest BCUT2D eigenvalue weighted by molar-refractivity contribution is -0.120. The molecule has 7 nitrogen and oxygen atoms in total. The minimum absolute atomic E-state index is 0.0442. The Morgan fingerprint density at radius 1 is 1.15 bits per heavy atom. The Balaban J connectivity index is 1.41. The molecule has 4 rings (SSSR count). The van der Waals surface area contributed by atoms with Gasteiger partial charge in [-0.2, -0.15) is 0 Å². The van der Waals surface area contributed by atoms with E-state index in [4.69, 9.17) is 0 Å². The van der Waals surface area contributed by atoms with Crippen molar-refractivity contribution in [2.75, 3.05) is 0 Å². The normalized spacial score (nSPS) is 11.0. The van der Waals surface area contributed by atoms with Crippen LogP contribution in [-0.2, 0) is 24.8 Å². The molecule has 1 aromatic carbocycles. The lowest BCUT2D eigenvalue weighted by Crippen LogP contribution is -2.24. The first kappa shape index (κ1) is 16.0. The van der Waals surface area contributed by atoms with Gasteiger partial charge in [-0.3, -0.25) is 9.78 Å². The molecule has 0 saturated carbocycles. The van der Waals surface area contributed by atoms with Crippen LogP contribution in [0, 0.1) is 0 Å². The van der Waals surface area contributed by atoms with Gasteiger partial charge in [0.1, 0.15) is 5.69 Å². The van der Waals surface area contributed by atoms with Gasteiger partial charge < -0.3 is 9.88 Å². The van der Waals surface area contributed by atoms with Crippen molar-refractivity contribution >= 4 is 16.8 Å². The van der Waals surface area contributed by atoms with Crippen molar-refractivity contribution in [2.24, 2.45) is 7.05 Å². The molecule has 0 unspecified atom stereocenters. The SMILES string of the molecule is Cn1cc(CC(=O)NCc2cn(-c3cccnc3)nn2)c2ccccc21. The van der Waals surface area contributed by atoms with Crippen molar-refractivity contribution < 1.29 is 4.79 Å². The van der Waals surface area contributed by atoms with Gasteiger partial charge in [0.2, 0.25) is 5.91 Å². The molecular weight excluding hydrogens is 328 g/mol. The molecule has 0 fully saturated rings. The second kappa shape index (κ2) is 6.79. The molecule has 130 valence electrons. The molecule has 0 aliphatic carbocycles. The summed E-state index contributed by atoms with van der Waals surface area (Å²) >= 11 is 0. The third-order valence-electron chi connectivity index (χ3n) is 4.25. The zero-order valence-corrected chi connectivity index (χ0v) is 14.3. The number of benzene rings is 1. The summed E-state index contributed by atoms with van der Waals surface area (Å²) in [6, 6.07) is 11.8. The summed E-state index contributed by atoms with van der Waals surface area (Å²) in [6.07, 6.45) is 7.53. The minimum atomic E-state index is -0.0442. The molecule has 26 heavy (non-hydrogen) atoms. The van der Waals surface area contributed by atoms with Crippen molar-refractivity contribution in [3.63, 3.8) is 0 Å². The summed E-state index contributed by atoms with van der Waals surface area (Å²) < 4.78 is 3.68. The molecule has 0 bridgehead atoms. The van der Waals surface area contributed by atoms with Crippen LogP contribution >= 0.6 is 0 Å². The standard InChI is InChI=1S/C19H18N6O/c1-24-12-14(17-6-2-3-7-18(17)24)9-19(26)21-10-15-13-25(23-22-15)16-5-4-8-20-11-16/h2-8,11-13H,9-10H2,1H3,(H,21,26). The monoisotopic (exact) mass is 346 g/mol. The number of hydrogen-bond acceptors (Lipinski definition) is 4. The zero-order valence-electron chi connectivity index (χ0n) is 14.3. The fourth-order valence-corrected chi connectivity index (χ4v) is 2.99. The largest absolute Gasteiger partial charge is 0.350 e. The maximum absolute atomic E-state index is 12.3. The highest BCUT2D eigenvalue weighted by atomic mass is 16.1. The number of nitrogens with one attached hydrogen (secondary N) is 1. The molecule has 0 atom stereocenters. The first-order chi connectivity index (χ1) is 12.7. The fourth-order valence-electron chi connectivity index (χ4n) is 2.99. The van der Waals surface area contributed by atoms with E-state index in [1.165, 1.54) is 0 Å². The maximum atomic E-state index is 12.3. The second-order valence-electron chi connectivity index (χ2n) is 6.10. The quantitative estimate of drug-likeness (QED) is 0.600. The van der Waals surface area contributed by atoms with Gasteiger partial charge in [0.15, 0.2) is 0 Å². The van der Waals surface area contributed by atoms with Crippen LogP contribution in [0.25, 0.3) is 16.6 Å². The van der Waals surface area contributed by atoms with Gasteiger partial charge in [-0.1, -0.05) is 23.4 Å². The molecule has 7 heteroatoms. The van der Waals surface area contributed by atoms with E-state index in [-0.39, 0.29) is 5.91 Å². The Hall–Kier alpha value is -3.48. The minimum Gasteiger partial charge on any atom is -0.350 e. The molecule has 4 aromatic rings. The van der Waals surface area contributed by atoms with Crippen molar-refractivity contribution in [1.29, 1.82) is 0 Å². The van der Waals surface area contributed by atoms with E-state index < -0.39 is 0 Å². The highest BCUT2D eigenvalue weighted by molar-refractivity contribution is 5.89. The number of hydrogen-bond donors (Lipinski definition) is 1. The summed E-state index contributed by atoms with van der Waals surface area (Å²) in [6.45, 7) is 0.337. The summed E-state index contributed by atoms with van der Waals surface area (Å²) in [5.41, 5.74) is 3.66. The molecule has 0 aliphatic heterocycles. The molecule has 1 amide bonds. The molecule has 0 radical (unpaired) electrons. The number of aryl methyl sites for hydroxylation is 1. The number of carbonyl (C=O) groups excluding carboxylic acids is 1. The number of para-hydroxylation sites is 1. The molecule has 3 heterocycles. The number of nitrogens with zero attached hydrogens (tertiary/aromatic N) is 5. The lowest BCUT2D eigenvalue weighted by Gasteiger charge is -2.02. The van der Waals surface area contributed by atoms with Gasteiger partial charge in [0.25, 0.3) is 0 Å². The summed E-state index contributed by atoms with van der Waals surface area (Å²) in [7, 11) is 1.99. The Morgan fingerprint density at radius 3 is 2.88 bits per heavy atom. The summed E-state index contributed by atoms with van der Waals surface area (Å²) in [5, 5.41) is 12.2. The van der Waals surface area contributed by atoms with E-state index in [1.807, 2.05) is 54.2 Å². The van der Waals surface area contributed by atoms with Crippen molar-refractivity contribution in [3.8, 4) is 5.69 Å². The van der Waals surface area contributed by atoms with Crippen LogP contribution in [0.5, 0.6) is 0 Å². The van der Waals surface area contributed by atoms with Crippen molar-refractivity contribution in [1.82, 2.24) is 29.9 Å². The average molecular weight is 346 g/mol. The van der Waals surface area contributed by atoms with Gasteiger partial charge in [-0.15, -0.1) is 5.10 Å². The predicted molar refractivity (Wildman–Crippen MR) is 97.6 cm³/mol. The van der Waals surface area contributed by atoms with Crippen LogP contribution in [0.1, 0.15) is 11.3 Å². The highest BCUT2D eigenvalue weighted by Gasteiger charge is 2.11. The Labute approximate surface area is 150 Å². The fraction of sp³-hybridized carbons (Fsp3) is 0.158. The average Bonchev–Trinajstić information content (AvgIpc) is 3.27. The van der Waals surface area contributed by atoms with E-state index in [2.05, 4.69) is 20.6 Å². The topological polar surface area (TPSA) is 77.6 Å². The van der Waals surface area contributed by atoms with Gasteiger partial charge in [0.05, 0.1) is 31.0 Å². The number of amides is 1. The van der Waals surface area contributed by atoms with Crippen LogP contribution in [-0.4, -0.2) is 30.5 Å². The van der Waals surface area contributed by atoms with Gasteiger partial charge in [-0.25, -0.2) is 4.68 Å². The van der Waals surface area contributed by atoms with Crippen molar-refractivity contribution in [3.05, 3.63) is 72.4 Å². The molecule has 0 saturated heterocycles. The van der Waals surface area contributed by atoms with Gasteiger partial charge in [0, 0.05) is 30.3 Å². The van der Waals surface area contributed by atoms with Crippen LogP contribution < -0.4 is 5.32 Å². The van der Waals surface area contributed by atoms with E-state index in [1.54, 1.807) is 23.3 Å². The first-order valence-corrected chi connectivity index (χ1v) is 8.32. The van der Waals surface area contributed by atoms with Gasteiger partial charge in [-0.05, 0) is 23.8 Å². The highest BCUT2D eigenvalue weighted by Crippen LogP contribution is 2.20. The first-order valence-electron chi connectivity index (χ1n) is 8.32. The molecular formula is C19H18N6O. The molecule has 0 spiro atoms. The number of pyridine rings is 1. The van der Waals surface area contributed by atoms with Gasteiger partial charge >= 0.3 is 0 Å². The number of aromatic nitrogens is 5. The van der Waals surface area contributed by atoms with E-state index >= 15 is 0 Å². The van der Waals surface area contributed by atoms with Crippen LogP contribution in [0.15, 0.2) is 61.2 Å². The number of fused-ring (bicyclic) bond motifs is 1.